The average molecular weight is 349 g/mol. The topological polar surface area (TPSA) is 92.5 Å². The van der Waals surface area contributed by atoms with Crippen molar-refractivity contribution in [1.29, 1.82) is 0 Å². The fourth-order valence-corrected chi connectivity index (χ4v) is 2.90. The number of hydrogen-bond donors (Lipinski definition) is 1. The summed E-state index contributed by atoms with van der Waals surface area (Å²) in [5.41, 5.74) is 2.49. The maximum atomic E-state index is 12.3. The van der Waals surface area contributed by atoms with Crippen LogP contribution >= 0.6 is 0 Å². The van der Waals surface area contributed by atoms with Crippen molar-refractivity contribution in [3.05, 3.63) is 48.5 Å². The van der Waals surface area contributed by atoms with E-state index in [9.17, 15) is 14.4 Å². The Hall–Kier alpha value is -3.48. The lowest BCUT2D eigenvalue weighted by atomic mass is 10.1. The van der Waals surface area contributed by atoms with Gasteiger partial charge in [0.25, 0.3) is 0 Å². The Balaban J connectivity index is 1.58. The van der Waals surface area contributed by atoms with Gasteiger partial charge in [-0.2, -0.15) is 0 Å². The van der Waals surface area contributed by atoms with Crippen molar-refractivity contribution in [3.63, 3.8) is 0 Å². The van der Waals surface area contributed by atoms with Crippen molar-refractivity contribution < 1.29 is 18.8 Å². The quantitative estimate of drug-likeness (QED) is 0.731. The van der Waals surface area contributed by atoms with Gasteiger partial charge in [0.1, 0.15) is 12.1 Å². The molecular weight excluding hydrogens is 334 g/mol. The van der Waals surface area contributed by atoms with E-state index in [1.54, 1.807) is 18.2 Å². The minimum absolute atomic E-state index is 0.158. The summed E-state index contributed by atoms with van der Waals surface area (Å²) in [7, 11) is 0. The molecular formula is C19H15N3O4. The number of nitrogens with zero attached hydrogens (tertiary/aromatic N) is 2. The standard InChI is InChI=1S/C19H15N3O4/c23-16(11-22-17(24)9-10-18(22)25)20-13-6-2-1-5-12(13)19-21-14-7-3-4-8-15(14)26-19/h1-8H,9-11H2,(H,20,23). The maximum Gasteiger partial charge on any atom is 0.244 e. The van der Waals surface area contributed by atoms with Gasteiger partial charge in [-0.05, 0) is 24.3 Å². The average Bonchev–Trinajstić information content (AvgIpc) is 3.20. The van der Waals surface area contributed by atoms with Crippen molar-refractivity contribution >= 4 is 34.5 Å². The number of likely N-dealkylation sites (tertiary alicyclic amines) is 1. The zero-order valence-corrected chi connectivity index (χ0v) is 13.8. The van der Waals surface area contributed by atoms with Crippen LogP contribution in [0.15, 0.2) is 52.9 Å². The Morgan fingerprint density at radius 3 is 2.50 bits per heavy atom. The van der Waals surface area contributed by atoms with Gasteiger partial charge in [0, 0.05) is 12.8 Å². The first-order chi connectivity index (χ1) is 12.6. The highest BCUT2D eigenvalue weighted by Gasteiger charge is 2.30. The lowest BCUT2D eigenvalue weighted by Crippen LogP contribution is -2.36. The SMILES string of the molecule is O=C(CN1C(=O)CCC1=O)Nc1ccccc1-c1nc2ccccc2o1. The number of benzene rings is 2. The van der Waals surface area contributed by atoms with Crippen LogP contribution in [0.2, 0.25) is 0 Å². The summed E-state index contributed by atoms with van der Waals surface area (Å²) >= 11 is 0. The second-order valence-corrected chi connectivity index (χ2v) is 5.95. The first-order valence-corrected chi connectivity index (χ1v) is 8.20. The molecule has 1 N–H and O–H groups in total. The summed E-state index contributed by atoms with van der Waals surface area (Å²) in [4.78, 5) is 41.1. The summed E-state index contributed by atoms with van der Waals surface area (Å²) in [6.07, 6.45) is 0.317. The van der Waals surface area contributed by atoms with Gasteiger partial charge in [-0.3, -0.25) is 19.3 Å². The minimum Gasteiger partial charge on any atom is -0.436 e. The molecule has 0 radical (unpaired) electrons. The number of carbonyl (C=O) groups is 3. The van der Waals surface area contributed by atoms with Crippen LogP contribution in [0, 0.1) is 0 Å². The predicted molar refractivity (Wildman–Crippen MR) is 94.0 cm³/mol. The number of oxazole rings is 1. The Kier molecular flexibility index (Phi) is 3.96. The Morgan fingerprint density at radius 2 is 1.73 bits per heavy atom. The fraction of sp³-hybridized carbons (Fsp3) is 0.158. The van der Waals surface area contributed by atoms with Crippen molar-refractivity contribution in [2.24, 2.45) is 0 Å². The number of anilines is 1. The van der Waals surface area contributed by atoms with Crippen LogP contribution in [0.3, 0.4) is 0 Å². The number of rotatable bonds is 4. The van der Waals surface area contributed by atoms with Gasteiger partial charge in [-0.15, -0.1) is 0 Å². The third kappa shape index (κ3) is 2.95. The van der Waals surface area contributed by atoms with Gasteiger partial charge in [0.05, 0.1) is 11.3 Å². The minimum atomic E-state index is -0.447. The van der Waals surface area contributed by atoms with E-state index >= 15 is 0 Å². The summed E-state index contributed by atoms with van der Waals surface area (Å²) < 4.78 is 5.76. The molecule has 2 aromatic carbocycles. The Labute approximate surface area is 148 Å². The molecule has 26 heavy (non-hydrogen) atoms. The third-order valence-electron chi connectivity index (χ3n) is 4.18. The molecule has 0 atom stereocenters. The van der Waals surface area contributed by atoms with Gasteiger partial charge in [0.2, 0.25) is 23.6 Å². The summed E-state index contributed by atoms with van der Waals surface area (Å²) in [5.74, 6) is -0.706. The van der Waals surface area contributed by atoms with E-state index in [1.807, 2.05) is 30.3 Å². The number of para-hydroxylation sites is 3. The monoisotopic (exact) mass is 349 g/mol. The molecule has 1 saturated heterocycles. The smallest absolute Gasteiger partial charge is 0.244 e. The predicted octanol–water partition coefficient (Wildman–Crippen LogP) is 2.58. The molecule has 1 aromatic heterocycles. The number of fused-ring (bicyclic) bond motifs is 1. The number of carbonyl (C=O) groups excluding carboxylic acids is 3. The van der Waals surface area contributed by atoms with Gasteiger partial charge in [0.15, 0.2) is 5.58 Å². The van der Waals surface area contributed by atoms with Crippen LogP contribution in [0.4, 0.5) is 5.69 Å². The maximum absolute atomic E-state index is 12.3. The van der Waals surface area contributed by atoms with Crippen LogP contribution in [-0.2, 0) is 14.4 Å². The van der Waals surface area contributed by atoms with Crippen LogP contribution in [0.1, 0.15) is 12.8 Å². The molecule has 2 heterocycles. The molecule has 0 unspecified atom stereocenters. The molecule has 3 amide bonds. The number of aromatic nitrogens is 1. The van der Waals surface area contributed by atoms with E-state index < -0.39 is 5.91 Å². The highest BCUT2D eigenvalue weighted by molar-refractivity contribution is 6.06. The van der Waals surface area contributed by atoms with E-state index in [0.717, 1.165) is 10.4 Å². The molecule has 0 spiro atoms. The molecule has 1 fully saturated rings. The number of nitrogens with one attached hydrogen (secondary N) is 1. The molecule has 4 rings (SSSR count). The lowest BCUT2D eigenvalue weighted by Gasteiger charge is -2.14. The highest BCUT2D eigenvalue weighted by atomic mass is 16.3. The van der Waals surface area contributed by atoms with Crippen LogP contribution in [-0.4, -0.2) is 34.2 Å². The summed E-state index contributed by atoms with van der Waals surface area (Å²) in [6.45, 7) is -0.292. The number of hydrogen-bond acceptors (Lipinski definition) is 5. The van der Waals surface area contributed by atoms with Crippen LogP contribution in [0.25, 0.3) is 22.6 Å². The zero-order chi connectivity index (χ0) is 18.1. The van der Waals surface area contributed by atoms with Crippen LogP contribution < -0.4 is 5.32 Å². The van der Waals surface area contributed by atoms with Crippen molar-refractivity contribution in [2.75, 3.05) is 11.9 Å². The van der Waals surface area contributed by atoms with Gasteiger partial charge in [-0.1, -0.05) is 24.3 Å². The molecule has 0 bridgehead atoms. The first kappa shape index (κ1) is 16.0. The first-order valence-electron chi connectivity index (χ1n) is 8.20. The van der Waals surface area contributed by atoms with E-state index in [1.165, 1.54) is 0 Å². The second-order valence-electron chi connectivity index (χ2n) is 5.95. The molecule has 3 aromatic rings. The van der Waals surface area contributed by atoms with Gasteiger partial charge < -0.3 is 9.73 Å². The molecule has 7 nitrogen and oxygen atoms in total. The number of imide groups is 1. The molecule has 0 aliphatic carbocycles. The lowest BCUT2D eigenvalue weighted by molar-refractivity contribution is -0.141. The van der Waals surface area contributed by atoms with E-state index in [2.05, 4.69) is 10.3 Å². The van der Waals surface area contributed by atoms with E-state index in [0.29, 0.717) is 22.7 Å². The van der Waals surface area contributed by atoms with Crippen molar-refractivity contribution in [1.82, 2.24) is 9.88 Å². The molecule has 1 aliphatic rings. The normalized spacial score (nSPS) is 14.2. The Bertz CT molecular complexity index is 975. The number of amides is 3. The summed E-state index contributed by atoms with van der Waals surface area (Å²) in [5, 5.41) is 2.74. The molecule has 0 saturated carbocycles. The van der Waals surface area contributed by atoms with Gasteiger partial charge >= 0.3 is 0 Å². The van der Waals surface area contributed by atoms with E-state index in [4.69, 9.17) is 4.42 Å². The molecule has 7 heteroatoms. The van der Waals surface area contributed by atoms with Crippen molar-refractivity contribution in [3.8, 4) is 11.5 Å². The zero-order valence-electron chi connectivity index (χ0n) is 13.8. The fourth-order valence-electron chi connectivity index (χ4n) is 2.90. The highest BCUT2D eigenvalue weighted by Crippen LogP contribution is 2.30. The largest absolute Gasteiger partial charge is 0.436 e. The third-order valence-corrected chi connectivity index (χ3v) is 4.18. The van der Waals surface area contributed by atoms with Gasteiger partial charge in [-0.25, -0.2) is 4.98 Å². The summed E-state index contributed by atoms with van der Waals surface area (Å²) in [6, 6.07) is 14.5. The molecule has 1 aliphatic heterocycles. The van der Waals surface area contributed by atoms with Crippen molar-refractivity contribution in [2.45, 2.75) is 12.8 Å². The molecule has 130 valence electrons. The Morgan fingerprint density at radius 1 is 1.04 bits per heavy atom. The second kappa shape index (κ2) is 6.44. The van der Waals surface area contributed by atoms with E-state index in [-0.39, 0.29) is 31.2 Å². The van der Waals surface area contributed by atoms with Crippen LogP contribution in [0.5, 0.6) is 0 Å².